The summed E-state index contributed by atoms with van der Waals surface area (Å²) in [6.45, 7) is 3.65. The summed E-state index contributed by atoms with van der Waals surface area (Å²) in [7, 11) is 1.95. The van der Waals surface area contributed by atoms with Crippen LogP contribution < -0.4 is 0 Å². The van der Waals surface area contributed by atoms with Crippen molar-refractivity contribution in [3.8, 4) is 0 Å². The Morgan fingerprint density at radius 2 is 2.00 bits per heavy atom. The zero-order chi connectivity index (χ0) is 17.3. The summed E-state index contributed by atoms with van der Waals surface area (Å²) in [5.74, 6) is 0.292. The molecule has 2 saturated heterocycles. The summed E-state index contributed by atoms with van der Waals surface area (Å²) >= 11 is 0. The van der Waals surface area contributed by atoms with Gasteiger partial charge in [0.2, 0.25) is 5.91 Å². The molecule has 0 N–H and O–H groups in total. The molecule has 6 heteroatoms. The van der Waals surface area contributed by atoms with Crippen molar-refractivity contribution < 1.29 is 4.79 Å². The van der Waals surface area contributed by atoms with Crippen molar-refractivity contribution in [3.63, 3.8) is 0 Å². The molecular weight excluding hydrogens is 314 g/mol. The van der Waals surface area contributed by atoms with Crippen LogP contribution in [0.5, 0.6) is 0 Å². The van der Waals surface area contributed by atoms with E-state index in [1.165, 1.54) is 5.56 Å². The Bertz CT molecular complexity index is 743. The Kier molecular flexibility index (Phi) is 4.29. The van der Waals surface area contributed by atoms with Gasteiger partial charge in [-0.1, -0.05) is 0 Å². The summed E-state index contributed by atoms with van der Waals surface area (Å²) in [5.41, 5.74) is 2.39. The first kappa shape index (κ1) is 16.3. The predicted octanol–water partition coefficient (Wildman–Crippen LogP) is 1.97. The molecule has 0 bridgehead atoms. The lowest BCUT2D eigenvalue weighted by molar-refractivity contribution is -0.133. The van der Waals surface area contributed by atoms with Crippen molar-refractivity contribution in [2.45, 2.75) is 44.3 Å². The molecular formula is C19H25N5O. The maximum Gasteiger partial charge on any atom is 0.223 e. The Morgan fingerprint density at radius 1 is 1.16 bits per heavy atom. The Hall–Kier alpha value is -2.21. The third-order valence-corrected chi connectivity index (χ3v) is 5.57. The summed E-state index contributed by atoms with van der Waals surface area (Å²) in [6, 6.07) is 4.02. The number of aromatic nitrogens is 3. The fourth-order valence-electron chi connectivity index (χ4n) is 4.38. The number of carbonyl (C=O) groups excluding carboxylic acids is 1. The summed E-state index contributed by atoms with van der Waals surface area (Å²) in [5, 5.41) is 4.27. The van der Waals surface area contributed by atoms with E-state index in [-0.39, 0.29) is 5.54 Å². The molecule has 4 rings (SSSR count). The van der Waals surface area contributed by atoms with E-state index < -0.39 is 0 Å². The minimum Gasteiger partial charge on any atom is -0.331 e. The average molecular weight is 339 g/mol. The molecule has 0 saturated carbocycles. The molecule has 25 heavy (non-hydrogen) atoms. The maximum absolute atomic E-state index is 12.6. The molecule has 0 aromatic carbocycles. The van der Waals surface area contributed by atoms with E-state index in [9.17, 15) is 4.79 Å². The zero-order valence-corrected chi connectivity index (χ0v) is 14.8. The standard InChI is InChI=1S/C19H25N5O/c1-22-12-17(11-21-22)13-23-10-2-6-19(15-23)7-3-18(25)24(19)14-16-4-8-20-9-5-16/h4-5,8-9,11-12H,2-3,6-7,10,13-15H2,1H3/t19-/m0/s1. The number of nitrogens with zero attached hydrogens (tertiary/aromatic N) is 5. The molecule has 2 aromatic heterocycles. The third-order valence-electron chi connectivity index (χ3n) is 5.57. The minimum absolute atomic E-state index is 0.0131. The molecule has 2 aliphatic heterocycles. The third kappa shape index (κ3) is 3.31. The number of hydrogen-bond acceptors (Lipinski definition) is 4. The van der Waals surface area contributed by atoms with Gasteiger partial charge in [-0.15, -0.1) is 0 Å². The van der Waals surface area contributed by atoms with Crippen LogP contribution in [0.2, 0.25) is 0 Å². The van der Waals surface area contributed by atoms with Crippen molar-refractivity contribution in [2.75, 3.05) is 13.1 Å². The Morgan fingerprint density at radius 3 is 2.76 bits per heavy atom. The highest BCUT2D eigenvalue weighted by Crippen LogP contribution is 2.39. The van der Waals surface area contributed by atoms with Gasteiger partial charge in [0.05, 0.1) is 11.7 Å². The van der Waals surface area contributed by atoms with E-state index in [2.05, 4.69) is 26.1 Å². The molecule has 1 amide bonds. The highest BCUT2D eigenvalue weighted by molar-refractivity contribution is 5.79. The molecule has 4 heterocycles. The van der Waals surface area contributed by atoms with Crippen LogP contribution in [-0.2, 0) is 24.9 Å². The number of likely N-dealkylation sites (tertiary alicyclic amines) is 2. The highest BCUT2D eigenvalue weighted by atomic mass is 16.2. The molecule has 0 radical (unpaired) electrons. The Balaban J connectivity index is 1.51. The van der Waals surface area contributed by atoms with Gasteiger partial charge in [-0.3, -0.25) is 19.4 Å². The van der Waals surface area contributed by atoms with Crippen LogP contribution in [0.4, 0.5) is 0 Å². The monoisotopic (exact) mass is 339 g/mol. The molecule has 6 nitrogen and oxygen atoms in total. The first-order valence-corrected chi connectivity index (χ1v) is 9.04. The van der Waals surface area contributed by atoms with Crippen LogP contribution in [0.25, 0.3) is 0 Å². The molecule has 132 valence electrons. The molecule has 1 spiro atoms. The van der Waals surface area contributed by atoms with Crippen molar-refractivity contribution in [1.29, 1.82) is 0 Å². The molecule has 1 atom stereocenters. The topological polar surface area (TPSA) is 54.3 Å². The number of rotatable bonds is 4. The lowest BCUT2D eigenvalue weighted by Gasteiger charge is -2.46. The van der Waals surface area contributed by atoms with Gasteiger partial charge in [0, 0.05) is 57.3 Å². The first-order valence-electron chi connectivity index (χ1n) is 9.04. The predicted molar refractivity (Wildman–Crippen MR) is 94.5 cm³/mol. The minimum atomic E-state index is -0.0131. The van der Waals surface area contributed by atoms with Gasteiger partial charge in [0.15, 0.2) is 0 Å². The van der Waals surface area contributed by atoms with E-state index in [1.807, 2.05) is 30.1 Å². The smallest absolute Gasteiger partial charge is 0.223 e. The fourth-order valence-corrected chi connectivity index (χ4v) is 4.38. The van der Waals surface area contributed by atoms with Crippen molar-refractivity contribution in [1.82, 2.24) is 24.6 Å². The van der Waals surface area contributed by atoms with Gasteiger partial charge >= 0.3 is 0 Å². The van der Waals surface area contributed by atoms with Gasteiger partial charge in [-0.25, -0.2) is 0 Å². The summed E-state index contributed by atoms with van der Waals surface area (Å²) < 4.78 is 1.85. The second-order valence-corrected chi connectivity index (χ2v) is 7.40. The summed E-state index contributed by atoms with van der Waals surface area (Å²) in [6.07, 6.45) is 11.5. The molecule has 0 aliphatic carbocycles. The van der Waals surface area contributed by atoms with E-state index in [0.29, 0.717) is 18.9 Å². The number of hydrogen-bond donors (Lipinski definition) is 0. The van der Waals surface area contributed by atoms with Crippen molar-refractivity contribution in [2.24, 2.45) is 7.05 Å². The van der Waals surface area contributed by atoms with Crippen LogP contribution in [0, 0.1) is 0 Å². The lowest BCUT2D eigenvalue weighted by Crippen LogP contribution is -2.55. The van der Waals surface area contributed by atoms with Crippen LogP contribution in [0.1, 0.15) is 36.8 Å². The van der Waals surface area contributed by atoms with Crippen LogP contribution in [0.3, 0.4) is 0 Å². The van der Waals surface area contributed by atoms with E-state index in [4.69, 9.17) is 0 Å². The van der Waals surface area contributed by atoms with E-state index in [0.717, 1.165) is 44.5 Å². The lowest BCUT2D eigenvalue weighted by atomic mass is 9.86. The average Bonchev–Trinajstić information content (AvgIpc) is 3.15. The quantitative estimate of drug-likeness (QED) is 0.855. The number of amides is 1. The normalized spacial score (nSPS) is 24.4. The van der Waals surface area contributed by atoms with Crippen LogP contribution in [-0.4, -0.2) is 49.1 Å². The molecule has 2 aromatic rings. The van der Waals surface area contributed by atoms with Crippen LogP contribution >= 0.6 is 0 Å². The summed E-state index contributed by atoms with van der Waals surface area (Å²) in [4.78, 5) is 21.3. The van der Waals surface area contributed by atoms with Gasteiger partial charge < -0.3 is 4.90 Å². The zero-order valence-electron chi connectivity index (χ0n) is 14.8. The first-order chi connectivity index (χ1) is 12.1. The largest absolute Gasteiger partial charge is 0.331 e. The maximum atomic E-state index is 12.6. The number of pyridine rings is 1. The molecule has 0 unspecified atom stereocenters. The van der Waals surface area contributed by atoms with Crippen molar-refractivity contribution in [3.05, 3.63) is 48.0 Å². The SMILES string of the molecule is Cn1cc(CN2CCC[C@]3(CCC(=O)N3Cc3ccncc3)C2)cn1. The fraction of sp³-hybridized carbons (Fsp3) is 0.526. The number of aryl methyl sites for hydroxylation is 1. The second-order valence-electron chi connectivity index (χ2n) is 7.40. The van der Waals surface area contributed by atoms with Gasteiger partial charge in [-0.2, -0.15) is 5.10 Å². The number of piperidine rings is 1. The molecule has 2 aliphatic rings. The molecule has 2 fully saturated rings. The Labute approximate surface area is 148 Å². The second kappa shape index (κ2) is 6.59. The van der Waals surface area contributed by atoms with E-state index >= 15 is 0 Å². The highest BCUT2D eigenvalue weighted by Gasteiger charge is 2.47. The van der Waals surface area contributed by atoms with E-state index in [1.54, 1.807) is 12.4 Å². The van der Waals surface area contributed by atoms with Crippen LogP contribution in [0.15, 0.2) is 36.9 Å². The van der Waals surface area contributed by atoms with Gasteiger partial charge in [0.25, 0.3) is 0 Å². The number of carbonyl (C=O) groups is 1. The van der Waals surface area contributed by atoms with Gasteiger partial charge in [0.1, 0.15) is 0 Å². The van der Waals surface area contributed by atoms with Crippen molar-refractivity contribution >= 4 is 5.91 Å². The van der Waals surface area contributed by atoms with Gasteiger partial charge in [-0.05, 0) is 43.5 Å².